The van der Waals surface area contributed by atoms with Gasteiger partial charge >= 0.3 is 0 Å². The zero-order chi connectivity index (χ0) is 12.1. The van der Waals surface area contributed by atoms with Crippen LogP contribution in [0.25, 0.3) is 0 Å². The lowest BCUT2D eigenvalue weighted by Crippen LogP contribution is -2.12. The first-order valence-electron chi connectivity index (χ1n) is 5.84. The molecule has 0 unspecified atom stereocenters. The minimum atomic E-state index is 0.807. The van der Waals surface area contributed by atoms with Crippen molar-refractivity contribution in [1.82, 2.24) is 19.7 Å². The maximum Gasteiger partial charge on any atom is 0.129 e. The average Bonchev–Trinajstić information content (AvgIpc) is 2.81. The molecule has 0 saturated carbocycles. The van der Waals surface area contributed by atoms with E-state index in [-0.39, 0.29) is 0 Å². The van der Waals surface area contributed by atoms with Crippen LogP contribution in [0.1, 0.15) is 18.4 Å². The molecule has 5 heteroatoms. The number of nitrogens with zero attached hydrogens (tertiary/aromatic N) is 4. The lowest BCUT2D eigenvalue weighted by Gasteiger charge is -2.07. The summed E-state index contributed by atoms with van der Waals surface area (Å²) in [5, 5.41) is 7.43. The Balaban J connectivity index is 1.92. The highest BCUT2D eigenvalue weighted by molar-refractivity contribution is 5.35. The molecule has 0 saturated heterocycles. The quantitative estimate of drug-likeness (QED) is 0.850. The molecule has 5 nitrogen and oxygen atoms in total. The van der Waals surface area contributed by atoms with Gasteiger partial charge in [0.15, 0.2) is 0 Å². The van der Waals surface area contributed by atoms with E-state index in [1.807, 2.05) is 29.9 Å². The molecule has 2 rings (SSSR count). The lowest BCUT2D eigenvalue weighted by molar-refractivity contribution is 0.636. The van der Waals surface area contributed by atoms with Gasteiger partial charge in [-0.2, -0.15) is 5.10 Å². The van der Waals surface area contributed by atoms with Gasteiger partial charge in [-0.05, 0) is 19.4 Å². The van der Waals surface area contributed by atoms with Gasteiger partial charge < -0.3 is 5.32 Å². The van der Waals surface area contributed by atoms with Gasteiger partial charge in [0, 0.05) is 30.7 Å². The summed E-state index contributed by atoms with van der Waals surface area (Å²) >= 11 is 0. The van der Waals surface area contributed by atoms with E-state index in [1.54, 1.807) is 6.20 Å². The second-order valence-electron chi connectivity index (χ2n) is 3.84. The van der Waals surface area contributed by atoms with E-state index in [1.165, 1.54) is 0 Å². The normalized spacial score (nSPS) is 10.5. The molecule has 0 amide bonds. The predicted molar refractivity (Wildman–Crippen MR) is 66.9 cm³/mol. The maximum absolute atomic E-state index is 4.35. The van der Waals surface area contributed by atoms with Crippen molar-refractivity contribution in [3.8, 4) is 0 Å². The number of hydrogen-bond donors (Lipinski definition) is 1. The Bertz CT molecular complexity index is 464. The summed E-state index contributed by atoms with van der Waals surface area (Å²) in [5.74, 6) is 1.70. The largest absolute Gasteiger partial charge is 0.368 e. The Morgan fingerprint density at radius 3 is 2.94 bits per heavy atom. The van der Waals surface area contributed by atoms with Crippen molar-refractivity contribution >= 4 is 5.82 Å². The van der Waals surface area contributed by atoms with E-state index in [9.17, 15) is 0 Å². The average molecular weight is 231 g/mol. The Hall–Kier alpha value is -1.91. The summed E-state index contributed by atoms with van der Waals surface area (Å²) in [6.07, 6.45) is 4.66. The first-order valence-corrected chi connectivity index (χ1v) is 5.84. The standard InChI is InChI=1S/C12H17N5/c1-3-11-9-12(16-10(2)15-11)13-6-8-17-7-4-5-14-17/h4-5,7,9H,3,6,8H2,1-2H3,(H,13,15,16). The fraction of sp³-hybridized carbons (Fsp3) is 0.417. The van der Waals surface area contributed by atoms with Gasteiger partial charge in [-0.15, -0.1) is 0 Å². The summed E-state index contributed by atoms with van der Waals surface area (Å²) in [7, 11) is 0. The molecular formula is C12H17N5. The highest BCUT2D eigenvalue weighted by Gasteiger charge is 1.99. The van der Waals surface area contributed by atoms with Crippen LogP contribution in [0.3, 0.4) is 0 Å². The van der Waals surface area contributed by atoms with Crippen LogP contribution in [-0.4, -0.2) is 26.3 Å². The molecule has 90 valence electrons. The molecule has 17 heavy (non-hydrogen) atoms. The van der Waals surface area contributed by atoms with Gasteiger partial charge in [0.2, 0.25) is 0 Å². The number of anilines is 1. The van der Waals surface area contributed by atoms with Gasteiger partial charge in [0.1, 0.15) is 11.6 Å². The van der Waals surface area contributed by atoms with Crippen LogP contribution in [0.5, 0.6) is 0 Å². The Labute approximate surface area is 101 Å². The Morgan fingerprint density at radius 1 is 1.35 bits per heavy atom. The molecule has 2 aromatic rings. The van der Waals surface area contributed by atoms with Crippen LogP contribution in [0.15, 0.2) is 24.5 Å². The van der Waals surface area contributed by atoms with Crippen molar-refractivity contribution in [3.63, 3.8) is 0 Å². The first-order chi connectivity index (χ1) is 8.28. The molecule has 0 fully saturated rings. The second kappa shape index (κ2) is 5.43. The molecule has 0 aliphatic rings. The fourth-order valence-electron chi connectivity index (χ4n) is 1.63. The van der Waals surface area contributed by atoms with Crippen molar-refractivity contribution in [1.29, 1.82) is 0 Å². The third kappa shape index (κ3) is 3.27. The van der Waals surface area contributed by atoms with Gasteiger partial charge in [-0.25, -0.2) is 9.97 Å². The predicted octanol–water partition coefficient (Wildman–Crippen LogP) is 1.66. The zero-order valence-electron chi connectivity index (χ0n) is 10.2. The maximum atomic E-state index is 4.35. The molecular weight excluding hydrogens is 214 g/mol. The Morgan fingerprint density at radius 2 is 2.24 bits per heavy atom. The van der Waals surface area contributed by atoms with Crippen molar-refractivity contribution in [2.24, 2.45) is 0 Å². The van der Waals surface area contributed by atoms with E-state index in [0.29, 0.717) is 0 Å². The molecule has 0 aliphatic heterocycles. The third-order valence-electron chi connectivity index (χ3n) is 2.46. The zero-order valence-corrected chi connectivity index (χ0v) is 10.2. The molecule has 0 radical (unpaired) electrons. The number of aromatic nitrogens is 4. The molecule has 1 N–H and O–H groups in total. The first kappa shape index (κ1) is 11.6. The van der Waals surface area contributed by atoms with E-state index in [4.69, 9.17) is 0 Å². The minimum Gasteiger partial charge on any atom is -0.368 e. The molecule has 2 aromatic heterocycles. The van der Waals surface area contributed by atoms with Crippen LogP contribution < -0.4 is 5.32 Å². The van der Waals surface area contributed by atoms with Crippen LogP contribution >= 0.6 is 0 Å². The molecule has 0 spiro atoms. The highest BCUT2D eigenvalue weighted by atomic mass is 15.3. The van der Waals surface area contributed by atoms with Crippen LogP contribution in [0, 0.1) is 6.92 Å². The smallest absolute Gasteiger partial charge is 0.129 e. The van der Waals surface area contributed by atoms with Crippen molar-refractivity contribution in [2.75, 3.05) is 11.9 Å². The summed E-state index contributed by atoms with van der Waals surface area (Å²) in [6, 6.07) is 3.92. The minimum absolute atomic E-state index is 0.807. The van der Waals surface area contributed by atoms with Gasteiger partial charge in [-0.1, -0.05) is 6.92 Å². The van der Waals surface area contributed by atoms with Gasteiger partial charge in [0.05, 0.1) is 6.54 Å². The summed E-state index contributed by atoms with van der Waals surface area (Å²) in [5.41, 5.74) is 1.07. The van der Waals surface area contributed by atoms with E-state index >= 15 is 0 Å². The SMILES string of the molecule is CCc1cc(NCCn2cccn2)nc(C)n1. The fourth-order valence-corrected chi connectivity index (χ4v) is 1.63. The molecule has 2 heterocycles. The molecule has 0 aliphatic carbocycles. The molecule has 0 bridgehead atoms. The second-order valence-corrected chi connectivity index (χ2v) is 3.84. The van der Waals surface area contributed by atoms with E-state index in [2.05, 4.69) is 27.3 Å². The lowest BCUT2D eigenvalue weighted by atomic mass is 10.3. The van der Waals surface area contributed by atoms with Gasteiger partial charge in [0.25, 0.3) is 0 Å². The van der Waals surface area contributed by atoms with Gasteiger partial charge in [-0.3, -0.25) is 4.68 Å². The van der Waals surface area contributed by atoms with E-state index < -0.39 is 0 Å². The van der Waals surface area contributed by atoms with Crippen molar-refractivity contribution < 1.29 is 0 Å². The Kier molecular flexibility index (Phi) is 3.69. The van der Waals surface area contributed by atoms with Crippen LogP contribution in [-0.2, 0) is 13.0 Å². The van der Waals surface area contributed by atoms with E-state index in [0.717, 1.165) is 36.8 Å². The van der Waals surface area contributed by atoms with Crippen molar-refractivity contribution in [2.45, 2.75) is 26.8 Å². The van der Waals surface area contributed by atoms with Crippen molar-refractivity contribution in [3.05, 3.63) is 36.0 Å². The highest BCUT2D eigenvalue weighted by Crippen LogP contribution is 2.06. The summed E-state index contributed by atoms with van der Waals surface area (Å²) in [6.45, 7) is 5.64. The molecule has 0 aromatic carbocycles. The number of aryl methyl sites for hydroxylation is 2. The monoisotopic (exact) mass is 231 g/mol. The van der Waals surface area contributed by atoms with Crippen LogP contribution in [0.4, 0.5) is 5.82 Å². The number of rotatable bonds is 5. The third-order valence-corrected chi connectivity index (χ3v) is 2.46. The number of nitrogens with one attached hydrogen (secondary N) is 1. The summed E-state index contributed by atoms with van der Waals surface area (Å²) < 4.78 is 1.89. The van der Waals surface area contributed by atoms with Crippen LogP contribution in [0.2, 0.25) is 0 Å². The topological polar surface area (TPSA) is 55.6 Å². The number of hydrogen-bond acceptors (Lipinski definition) is 4. The summed E-state index contributed by atoms with van der Waals surface area (Å²) in [4.78, 5) is 8.69. The molecule has 0 atom stereocenters.